The first-order chi connectivity index (χ1) is 11.2. The van der Waals surface area contributed by atoms with Crippen LogP contribution in [-0.2, 0) is 16.1 Å². The molecule has 4 heterocycles. The number of thioether (sulfide) groups is 1. The van der Waals surface area contributed by atoms with E-state index in [1.165, 1.54) is 0 Å². The van der Waals surface area contributed by atoms with Crippen LogP contribution in [0.25, 0.3) is 0 Å². The number of rotatable bonds is 1. The van der Waals surface area contributed by atoms with Crippen LogP contribution < -0.4 is 4.90 Å². The number of allylic oxidation sites excluding steroid dienone is 1. The van der Waals surface area contributed by atoms with Crippen molar-refractivity contribution in [2.24, 2.45) is 0 Å². The molecule has 8 nitrogen and oxygen atoms in total. The summed E-state index contributed by atoms with van der Waals surface area (Å²) in [5.41, 5.74) is 1.71. The van der Waals surface area contributed by atoms with Gasteiger partial charge in [0.1, 0.15) is 0 Å². The zero-order chi connectivity index (χ0) is 16.0. The third-order valence-electron chi connectivity index (χ3n) is 4.91. The Balaban J connectivity index is 1.62. The molecule has 23 heavy (non-hydrogen) atoms. The number of anilines is 1. The molecule has 2 atom stereocenters. The molecule has 9 heteroatoms. The molecule has 1 aromatic heterocycles. The van der Waals surface area contributed by atoms with Crippen molar-refractivity contribution in [1.82, 2.24) is 25.1 Å². The normalized spacial score (nSPS) is 27.7. The first kappa shape index (κ1) is 14.9. The highest BCUT2D eigenvalue weighted by Crippen LogP contribution is 2.33. The van der Waals surface area contributed by atoms with E-state index >= 15 is 0 Å². The Morgan fingerprint density at radius 1 is 1.43 bits per heavy atom. The fourth-order valence-corrected chi connectivity index (χ4v) is 4.79. The van der Waals surface area contributed by atoms with Gasteiger partial charge in [0.25, 0.3) is 5.91 Å². The molecule has 0 spiro atoms. The minimum Gasteiger partial charge on any atom is -0.380 e. The van der Waals surface area contributed by atoms with Gasteiger partial charge in [-0.05, 0) is 23.8 Å². The molecule has 0 aliphatic carbocycles. The molecule has 4 rings (SSSR count). The summed E-state index contributed by atoms with van der Waals surface area (Å²) < 4.78 is 7.26. The average Bonchev–Trinajstić information content (AvgIpc) is 3.05. The molecular formula is C14H20N6O2S. The van der Waals surface area contributed by atoms with Crippen molar-refractivity contribution in [2.45, 2.75) is 31.2 Å². The predicted octanol–water partition coefficient (Wildman–Crippen LogP) is 0.130. The molecule has 1 aromatic rings. The van der Waals surface area contributed by atoms with Crippen LogP contribution >= 0.6 is 11.8 Å². The lowest BCUT2D eigenvalue weighted by molar-refractivity contribution is -0.131. The van der Waals surface area contributed by atoms with Crippen LogP contribution in [0, 0.1) is 0 Å². The Morgan fingerprint density at radius 3 is 3.17 bits per heavy atom. The molecule has 2 fully saturated rings. The third kappa shape index (κ3) is 2.42. The summed E-state index contributed by atoms with van der Waals surface area (Å²) in [6.07, 6.45) is 0.918. The number of ether oxygens (including phenoxy) is 1. The summed E-state index contributed by atoms with van der Waals surface area (Å²) in [5.74, 6) is 1.76. The maximum atomic E-state index is 13.2. The topological polar surface area (TPSA) is 76.4 Å². The van der Waals surface area contributed by atoms with Crippen LogP contribution in [0.4, 0.5) is 5.95 Å². The smallest absolute Gasteiger partial charge is 0.253 e. The van der Waals surface area contributed by atoms with E-state index in [1.807, 2.05) is 35.5 Å². The van der Waals surface area contributed by atoms with E-state index in [-0.39, 0.29) is 11.9 Å². The van der Waals surface area contributed by atoms with E-state index in [9.17, 15) is 4.79 Å². The third-order valence-corrected chi connectivity index (χ3v) is 6.21. The van der Waals surface area contributed by atoms with E-state index in [1.54, 1.807) is 4.68 Å². The van der Waals surface area contributed by atoms with Gasteiger partial charge in [0, 0.05) is 42.9 Å². The Morgan fingerprint density at radius 2 is 2.30 bits per heavy atom. The molecule has 1 amide bonds. The van der Waals surface area contributed by atoms with Gasteiger partial charge in [-0.1, -0.05) is 5.10 Å². The van der Waals surface area contributed by atoms with Crippen LogP contribution in [0.1, 0.15) is 13.3 Å². The largest absolute Gasteiger partial charge is 0.380 e. The molecule has 3 aliphatic heterocycles. The van der Waals surface area contributed by atoms with Gasteiger partial charge in [-0.3, -0.25) is 4.79 Å². The Hall–Kier alpha value is -1.61. The number of fused-ring (bicyclic) bond motifs is 2. The minimum atomic E-state index is 0.118. The number of aromatic nitrogens is 4. The van der Waals surface area contributed by atoms with Crippen LogP contribution in [0.2, 0.25) is 0 Å². The van der Waals surface area contributed by atoms with Crippen LogP contribution in [0.5, 0.6) is 0 Å². The van der Waals surface area contributed by atoms with Crippen molar-refractivity contribution in [3.63, 3.8) is 0 Å². The number of tetrazole rings is 1. The van der Waals surface area contributed by atoms with Gasteiger partial charge in [0.2, 0.25) is 5.95 Å². The van der Waals surface area contributed by atoms with Crippen LogP contribution in [0.15, 0.2) is 11.3 Å². The van der Waals surface area contributed by atoms with Crippen molar-refractivity contribution in [3.05, 3.63) is 11.3 Å². The number of nitrogens with zero attached hydrogens (tertiary/aromatic N) is 6. The zero-order valence-corrected chi connectivity index (χ0v) is 14.1. The monoisotopic (exact) mass is 336 g/mol. The van der Waals surface area contributed by atoms with Gasteiger partial charge in [-0.15, -0.1) is 0 Å². The lowest BCUT2D eigenvalue weighted by atomic mass is 10.0. The van der Waals surface area contributed by atoms with E-state index in [0.717, 1.165) is 43.2 Å². The van der Waals surface area contributed by atoms with Gasteiger partial charge in [0.05, 0.1) is 18.7 Å². The van der Waals surface area contributed by atoms with E-state index in [2.05, 4.69) is 15.5 Å². The predicted molar refractivity (Wildman–Crippen MR) is 86.1 cm³/mol. The molecule has 0 bridgehead atoms. The first-order valence-electron chi connectivity index (χ1n) is 7.87. The maximum absolute atomic E-state index is 13.2. The first-order valence-corrected chi connectivity index (χ1v) is 8.91. The Bertz CT molecular complexity index is 657. The van der Waals surface area contributed by atoms with Crippen molar-refractivity contribution in [2.75, 3.05) is 37.5 Å². The minimum absolute atomic E-state index is 0.118. The highest BCUT2D eigenvalue weighted by Gasteiger charge is 2.39. The summed E-state index contributed by atoms with van der Waals surface area (Å²) in [6, 6.07) is 0.274. The number of hydrogen-bond donors (Lipinski definition) is 0. The van der Waals surface area contributed by atoms with Gasteiger partial charge in [0.15, 0.2) is 0 Å². The van der Waals surface area contributed by atoms with Gasteiger partial charge >= 0.3 is 0 Å². The molecule has 0 radical (unpaired) electrons. The molecule has 0 saturated carbocycles. The molecule has 0 N–H and O–H groups in total. The fraction of sp³-hybridized carbons (Fsp3) is 0.714. The summed E-state index contributed by atoms with van der Waals surface area (Å²) in [5, 5.41) is 12.1. The second kappa shape index (κ2) is 5.79. The van der Waals surface area contributed by atoms with Crippen molar-refractivity contribution in [1.29, 1.82) is 0 Å². The summed E-state index contributed by atoms with van der Waals surface area (Å²) in [6.45, 7) is 4.68. The van der Waals surface area contributed by atoms with E-state index in [0.29, 0.717) is 17.7 Å². The Labute approximate surface area is 138 Å². The molecule has 0 unspecified atom stereocenters. The highest BCUT2D eigenvalue weighted by molar-refractivity contribution is 8.00. The fourth-order valence-electron chi connectivity index (χ4n) is 3.49. The number of carbonyl (C=O) groups excluding carboxylic acids is 1. The summed E-state index contributed by atoms with van der Waals surface area (Å²) >= 11 is 1.92. The van der Waals surface area contributed by atoms with E-state index < -0.39 is 0 Å². The molecule has 3 aliphatic rings. The number of amides is 1. The molecule has 0 aromatic carbocycles. The second-order valence-electron chi connectivity index (χ2n) is 6.10. The molecular weight excluding hydrogens is 316 g/mol. The van der Waals surface area contributed by atoms with Gasteiger partial charge < -0.3 is 14.5 Å². The number of carbonyl (C=O) groups is 1. The Kier molecular flexibility index (Phi) is 3.76. The summed E-state index contributed by atoms with van der Waals surface area (Å²) in [4.78, 5) is 17.1. The maximum Gasteiger partial charge on any atom is 0.253 e. The average molecular weight is 336 g/mol. The van der Waals surface area contributed by atoms with Crippen molar-refractivity contribution >= 4 is 23.6 Å². The van der Waals surface area contributed by atoms with Gasteiger partial charge in [-0.25, -0.2) is 4.68 Å². The standard InChI is InChI=1S/C14H20N6O2S/c1-9-10(7-20-14(18(9)2)15-16-17-20)13(21)19-4-6-23-12-8-22-5-3-11(12)19/h11-12H,3-8H2,1-2H3/t11-,12-/m1/s1. The highest BCUT2D eigenvalue weighted by atomic mass is 32.2. The van der Waals surface area contributed by atoms with Gasteiger partial charge in [-0.2, -0.15) is 11.8 Å². The number of hydrogen-bond acceptors (Lipinski definition) is 7. The molecule has 2 saturated heterocycles. The van der Waals surface area contributed by atoms with Crippen LogP contribution in [0.3, 0.4) is 0 Å². The SMILES string of the molecule is CC1=C(C(=O)N2CCS[C@@H]3COCC[C@H]32)Cn2nnnc2N1C. The summed E-state index contributed by atoms with van der Waals surface area (Å²) in [7, 11) is 1.90. The van der Waals surface area contributed by atoms with Crippen molar-refractivity contribution < 1.29 is 9.53 Å². The lowest BCUT2D eigenvalue weighted by Crippen LogP contribution is -2.55. The van der Waals surface area contributed by atoms with Crippen LogP contribution in [-0.4, -0.2) is 74.9 Å². The van der Waals surface area contributed by atoms with E-state index in [4.69, 9.17) is 4.74 Å². The molecule has 124 valence electrons. The quantitative estimate of drug-likeness (QED) is 0.721. The van der Waals surface area contributed by atoms with Crippen molar-refractivity contribution in [3.8, 4) is 0 Å². The second-order valence-corrected chi connectivity index (χ2v) is 7.45. The zero-order valence-electron chi connectivity index (χ0n) is 13.3. The lowest BCUT2D eigenvalue weighted by Gasteiger charge is -2.44.